The molecular weight excluding hydrogens is 263 g/mol. The fourth-order valence-corrected chi connectivity index (χ4v) is 2.04. The van der Waals surface area contributed by atoms with Gasteiger partial charge in [-0.05, 0) is 19.1 Å². The number of nitrogens with one attached hydrogen (secondary N) is 1. The Balaban J connectivity index is 2.78. The third-order valence-electron chi connectivity index (χ3n) is 2.90. The van der Waals surface area contributed by atoms with E-state index in [2.05, 4.69) is 10.3 Å². The zero-order valence-electron chi connectivity index (χ0n) is 11.5. The molecule has 0 unspecified atom stereocenters. The third kappa shape index (κ3) is 2.24. The predicted molar refractivity (Wildman–Crippen MR) is 73.8 cm³/mol. The number of aromatic nitrogens is 1. The highest BCUT2D eigenvalue weighted by molar-refractivity contribution is 6.07. The molecular formula is C14H15FN2O3. The lowest BCUT2D eigenvalue weighted by molar-refractivity contribution is 0.0527. The summed E-state index contributed by atoms with van der Waals surface area (Å²) >= 11 is 0. The average Bonchev–Trinajstić information content (AvgIpc) is 2.46. The van der Waals surface area contributed by atoms with Crippen LogP contribution in [-0.4, -0.2) is 31.7 Å². The van der Waals surface area contributed by atoms with Crippen LogP contribution < -0.4 is 10.1 Å². The Morgan fingerprint density at radius 1 is 1.45 bits per heavy atom. The maximum Gasteiger partial charge on any atom is 0.341 e. The molecule has 0 spiro atoms. The van der Waals surface area contributed by atoms with Crippen LogP contribution in [0.5, 0.6) is 5.75 Å². The van der Waals surface area contributed by atoms with E-state index in [0.29, 0.717) is 16.8 Å². The highest BCUT2D eigenvalue weighted by atomic mass is 19.1. The fraction of sp³-hybridized carbons (Fsp3) is 0.286. The second-order valence-corrected chi connectivity index (χ2v) is 3.99. The van der Waals surface area contributed by atoms with Crippen molar-refractivity contribution in [2.45, 2.75) is 6.92 Å². The van der Waals surface area contributed by atoms with Crippen LogP contribution in [0, 0.1) is 5.82 Å². The summed E-state index contributed by atoms with van der Waals surface area (Å²) in [4.78, 5) is 15.9. The topological polar surface area (TPSA) is 60.5 Å². The number of anilines is 1. The number of hydrogen-bond donors (Lipinski definition) is 1. The molecule has 1 aromatic heterocycles. The van der Waals surface area contributed by atoms with Gasteiger partial charge in [0.15, 0.2) is 0 Å². The van der Waals surface area contributed by atoms with Crippen LogP contribution in [0.15, 0.2) is 18.3 Å². The van der Waals surface area contributed by atoms with Crippen molar-refractivity contribution in [1.29, 1.82) is 0 Å². The highest BCUT2D eigenvalue weighted by Gasteiger charge is 2.20. The molecule has 1 heterocycles. The first-order valence-electron chi connectivity index (χ1n) is 6.14. The normalized spacial score (nSPS) is 10.4. The molecule has 5 nitrogen and oxygen atoms in total. The molecule has 0 fully saturated rings. The van der Waals surface area contributed by atoms with Crippen LogP contribution >= 0.6 is 0 Å². The first-order valence-corrected chi connectivity index (χ1v) is 6.14. The molecule has 0 amide bonds. The van der Waals surface area contributed by atoms with Gasteiger partial charge < -0.3 is 14.8 Å². The van der Waals surface area contributed by atoms with Crippen LogP contribution in [0.4, 0.5) is 10.1 Å². The Labute approximate surface area is 115 Å². The number of fused-ring (bicyclic) bond motifs is 1. The fourth-order valence-electron chi connectivity index (χ4n) is 2.04. The van der Waals surface area contributed by atoms with Gasteiger partial charge in [-0.15, -0.1) is 0 Å². The maximum absolute atomic E-state index is 13.8. The summed E-state index contributed by atoms with van der Waals surface area (Å²) in [7, 11) is 3.12. The lowest BCUT2D eigenvalue weighted by Gasteiger charge is -2.14. The van der Waals surface area contributed by atoms with Gasteiger partial charge in [0, 0.05) is 13.2 Å². The molecule has 0 radical (unpaired) electrons. The molecule has 0 saturated carbocycles. The van der Waals surface area contributed by atoms with Gasteiger partial charge in [0.25, 0.3) is 0 Å². The smallest absolute Gasteiger partial charge is 0.341 e. The van der Waals surface area contributed by atoms with E-state index < -0.39 is 11.8 Å². The number of pyridine rings is 1. The molecule has 2 aromatic rings. The number of methoxy groups -OCH3 is 1. The van der Waals surface area contributed by atoms with E-state index in [-0.39, 0.29) is 17.7 Å². The zero-order chi connectivity index (χ0) is 14.7. The van der Waals surface area contributed by atoms with E-state index in [1.807, 2.05) is 0 Å². The summed E-state index contributed by atoms with van der Waals surface area (Å²) in [5.41, 5.74) is 0.817. The Kier molecular flexibility index (Phi) is 4.02. The first kappa shape index (κ1) is 14.0. The molecule has 0 aliphatic heterocycles. The largest absolute Gasteiger partial charge is 0.496 e. The minimum absolute atomic E-state index is 0.141. The van der Waals surface area contributed by atoms with Crippen LogP contribution in [0.2, 0.25) is 0 Å². The van der Waals surface area contributed by atoms with Crippen molar-refractivity contribution in [3.05, 3.63) is 29.7 Å². The molecule has 0 saturated heterocycles. The summed E-state index contributed by atoms with van der Waals surface area (Å²) in [5, 5.41) is 3.31. The molecule has 2 rings (SSSR count). The Hall–Kier alpha value is -2.37. The van der Waals surface area contributed by atoms with E-state index in [1.54, 1.807) is 14.0 Å². The first-order chi connectivity index (χ1) is 9.63. The lowest BCUT2D eigenvalue weighted by Crippen LogP contribution is -2.10. The second kappa shape index (κ2) is 5.73. The Morgan fingerprint density at radius 3 is 2.80 bits per heavy atom. The van der Waals surface area contributed by atoms with Gasteiger partial charge in [0.1, 0.15) is 22.6 Å². The number of carbonyl (C=O) groups is 1. The van der Waals surface area contributed by atoms with Gasteiger partial charge in [0.2, 0.25) is 0 Å². The number of nitrogens with zero attached hydrogens (tertiary/aromatic N) is 1. The van der Waals surface area contributed by atoms with E-state index in [0.717, 1.165) is 0 Å². The highest BCUT2D eigenvalue weighted by Crippen LogP contribution is 2.35. The minimum Gasteiger partial charge on any atom is -0.496 e. The number of carbonyl (C=O) groups excluding carboxylic acids is 1. The van der Waals surface area contributed by atoms with Crippen LogP contribution in [-0.2, 0) is 4.74 Å². The Bertz CT molecular complexity index is 658. The van der Waals surface area contributed by atoms with Crippen molar-refractivity contribution in [3.63, 3.8) is 0 Å². The third-order valence-corrected chi connectivity index (χ3v) is 2.90. The number of rotatable bonds is 4. The van der Waals surface area contributed by atoms with Crippen molar-refractivity contribution in [1.82, 2.24) is 4.98 Å². The number of hydrogen-bond acceptors (Lipinski definition) is 5. The lowest BCUT2D eigenvalue weighted by atomic mass is 10.1. The molecule has 106 valence electrons. The number of ether oxygens (including phenoxy) is 2. The number of esters is 1. The van der Waals surface area contributed by atoms with E-state index in [9.17, 15) is 9.18 Å². The molecule has 0 atom stereocenters. The van der Waals surface area contributed by atoms with Crippen LogP contribution in [0.25, 0.3) is 10.9 Å². The van der Waals surface area contributed by atoms with Crippen molar-refractivity contribution < 1.29 is 18.7 Å². The van der Waals surface area contributed by atoms with E-state index >= 15 is 0 Å². The monoisotopic (exact) mass is 278 g/mol. The quantitative estimate of drug-likeness (QED) is 0.871. The molecule has 20 heavy (non-hydrogen) atoms. The van der Waals surface area contributed by atoms with Gasteiger partial charge in [-0.25, -0.2) is 9.18 Å². The van der Waals surface area contributed by atoms with Crippen LogP contribution in [0.1, 0.15) is 17.3 Å². The van der Waals surface area contributed by atoms with E-state index in [1.165, 1.54) is 25.4 Å². The van der Waals surface area contributed by atoms with Gasteiger partial charge >= 0.3 is 5.97 Å². The predicted octanol–water partition coefficient (Wildman–Crippen LogP) is 2.60. The number of benzene rings is 1. The summed E-state index contributed by atoms with van der Waals surface area (Å²) in [6.07, 6.45) is 1.30. The van der Waals surface area contributed by atoms with Gasteiger partial charge in [-0.3, -0.25) is 4.98 Å². The average molecular weight is 278 g/mol. The van der Waals surface area contributed by atoms with Gasteiger partial charge in [-0.1, -0.05) is 0 Å². The van der Waals surface area contributed by atoms with Gasteiger partial charge in [-0.2, -0.15) is 0 Å². The summed E-state index contributed by atoms with van der Waals surface area (Å²) < 4.78 is 24.0. The molecule has 0 aliphatic carbocycles. The maximum atomic E-state index is 13.8. The van der Waals surface area contributed by atoms with Crippen molar-refractivity contribution in [2.75, 3.05) is 26.1 Å². The van der Waals surface area contributed by atoms with Crippen molar-refractivity contribution in [3.8, 4) is 5.75 Å². The molecule has 1 N–H and O–H groups in total. The van der Waals surface area contributed by atoms with Crippen LogP contribution in [0.3, 0.4) is 0 Å². The molecule has 0 aliphatic rings. The SMILES string of the molecule is CCOC(=O)c1cnc2c(F)ccc(OC)c2c1NC. The summed E-state index contributed by atoms with van der Waals surface area (Å²) in [5.74, 6) is -0.560. The number of halogens is 1. The van der Waals surface area contributed by atoms with Crippen molar-refractivity contribution >= 4 is 22.6 Å². The molecule has 6 heteroatoms. The molecule has 1 aromatic carbocycles. The minimum atomic E-state index is -0.516. The summed E-state index contributed by atoms with van der Waals surface area (Å²) in [6, 6.07) is 2.77. The summed E-state index contributed by atoms with van der Waals surface area (Å²) in [6.45, 7) is 1.96. The second-order valence-electron chi connectivity index (χ2n) is 3.99. The zero-order valence-corrected chi connectivity index (χ0v) is 11.5. The standard InChI is InChI=1S/C14H15FN2O3/c1-4-20-14(18)8-7-17-13-9(15)5-6-10(19-3)11(13)12(8)16-2/h5-7H,4H2,1-3H3,(H,16,17). The van der Waals surface area contributed by atoms with Gasteiger partial charge in [0.05, 0.1) is 24.8 Å². The van der Waals surface area contributed by atoms with E-state index in [4.69, 9.17) is 9.47 Å². The Morgan fingerprint density at radius 2 is 2.20 bits per heavy atom. The molecule has 0 bridgehead atoms. The van der Waals surface area contributed by atoms with Crippen molar-refractivity contribution in [2.24, 2.45) is 0 Å².